The first-order valence-corrected chi connectivity index (χ1v) is 6.51. The number of aromatic nitrogens is 1. The maximum absolute atomic E-state index is 13.2. The minimum absolute atomic E-state index is 0.140. The Balaban J connectivity index is 1.99. The zero-order chi connectivity index (χ0) is 12.3. The van der Waals surface area contributed by atoms with Gasteiger partial charge >= 0.3 is 0 Å². The second-order valence-corrected chi connectivity index (χ2v) is 5.16. The molecule has 17 heavy (non-hydrogen) atoms. The van der Waals surface area contributed by atoms with Crippen molar-refractivity contribution in [1.29, 1.82) is 0 Å². The van der Waals surface area contributed by atoms with Gasteiger partial charge in [-0.15, -0.1) is 11.3 Å². The maximum atomic E-state index is 13.2. The van der Waals surface area contributed by atoms with Gasteiger partial charge in [-0.25, -0.2) is 9.37 Å². The fourth-order valence-corrected chi connectivity index (χ4v) is 2.31. The molecule has 0 radical (unpaired) electrons. The van der Waals surface area contributed by atoms with E-state index in [1.165, 1.54) is 6.07 Å². The van der Waals surface area contributed by atoms with E-state index in [1.807, 2.05) is 6.20 Å². The molecule has 0 fully saturated rings. The molecule has 0 spiro atoms. The molecule has 1 heterocycles. The Morgan fingerprint density at radius 2 is 2.29 bits per heavy atom. The van der Waals surface area contributed by atoms with Crippen LogP contribution in [0.4, 0.5) is 10.1 Å². The Hall–Kier alpha value is -1.13. The van der Waals surface area contributed by atoms with Gasteiger partial charge in [-0.05, 0) is 24.6 Å². The number of halogens is 2. The van der Waals surface area contributed by atoms with Crippen molar-refractivity contribution < 1.29 is 4.39 Å². The molecular formula is C12H12ClFN2S. The smallest absolute Gasteiger partial charge is 0.143 e. The number of benzene rings is 1. The van der Waals surface area contributed by atoms with Crippen molar-refractivity contribution in [1.82, 2.24) is 4.98 Å². The predicted octanol–water partition coefficient (Wildman–Crippen LogP) is 4.11. The van der Waals surface area contributed by atoms with Gasteiger partial charge in [0.15, 0.2) is 0 Å². The molecule has 0 aliphatic carbocycles. The van der Waals surface area contributed by atoms with Crippen molar-refractivity contribution in [2.24, 2.45) is 0 Å². The van der Waals surface area contributed by atoms with Gasteiger partial charge in [-0.2, -0.15) is 0 Å². The van der Waals surface area contributed by atoms with Crippen molar-refractivity contribution in [2.75, 3.05) is 5.32 Å². The van der Waals surface area contributed by atoms with E-state index < -0.39 is 5.82 Å². The van der Waals surface area contributed by atoms with Gasteiger partial charge < -0.3 is 5.32 Å². The Morgan fingerprint density at radius 3 is 2.94 bits per heavy atom. The molecular weight excluding hydrogens is 259 g/mol. The molecule has 0 unspecified atom stereocenters. The van der Waals surface area contributed by atoms with E-state index >= 15 is 0 Å². The number of nitrogens with zero attached hydrogens (tertiary/aromatic N) is 1. The number of aryl methyl sites for hydroxylation is 1. The number of hydrogen-bond donors (Lipinski definition) is 1. The highest BCUT2D eigenvalue weighted by Crippen LogP contribution is 2.20. The van der Waals surface area contributed by atoms with Crippen molar-refractivity contribution >= 4 is 28.6 Å². The monoisotopic (exact) mass is 270 g/mol. The van der Waals surface area contributed by atoms with Gasteiger partial charge in [0.2, 0.25) is 0 Å². The standard InChI is InChI=1S/C12H12ClFN2S/c1-2-12-16-7-9(17-12)6-15-8-3-4-10(13)11(14)5-8/h3-5,7,15H,2,6H2,1H3. The second kappa shape index (κ2) is 5.47. The summed E-state index contributed by atoms with van der Waals surface area (Å²) >= 11 is 7.28. The van der Waals surface area contributed by atoms with Gasteiger partial charge in [-0.1, -0.05) is 18.5 Å². The van der Waals surface area contributed by atoms with Crippen molar-refractivity contribution in [3.8, 4) is 0 Å². The quantitative estimate of drug-likeness (QED) is 0.904. The van der Waals surface area contributed by atoms with Crippen LogP contribution in [0.25, 0.3) is 0 Å². The SMILES string of the molecule is CCc1ncc(CNc2ccc(Cl)c(F)c2)s1. The average molecular weight is 271 g/mol. The second-order valence-electron chi connectivity index (χ2n) is 3.56. The molecule has 1 N–H and O–H groups in total. The van der Waals surface area contributed by atoms with Crippen LogP contribution in [0.1, 0.15) is 16.8 Å². The van der Waals surface area contributed by atoms with Crippen LogP contribution in [-0.2, 0) is 13.0 Å². The number of rotatable bonds is 4. The molecule has 0 aliphatic rings. The van der Waals surface area contributed by atoms with Crippen molar-refractivity contribution in [3.63, 3.8) is 0 Å². The van der Waals surface area contributed by atoms with Crippen molar-refractivity contribution in [2.45, 2.75) is 19.9 Å². The Kier molecular flexibility index (Phi) is 3.97. The van der Waals surface area contributed by atoms with Crippen LogP contribution in [0.15, 0.2) is 24.4 Å². The number of anilines is 1. The molecule has 2 nitrogen and oxygen atoms in total. The zero-order valence-corrected chi connectivity index (χ0v) is 10.9. The van der Waals surface area contributed by atoms with Gasteiger partial charge in [0.25, 0.3) is 0 Å². The number of thiazole rings is 1. The third-order valence-electron chi connectivity index (χ3n) is 2.29. The summed E-state index contributed by atoms with van der Waals surface area (Å²) in [5, 5.41) is 4.39. The Morgan fingerprint density at radius 1 is 1.47 bits per heavy atom. The van der Waals surface area contributed by atoms with Crippen molar-refractivity contribution in [3.05, 3.63) is 45.1 Å². The molecule has 0 saturated carbocycles. The minimum atomic E-state index is -0.407. The third kappa shape index (κ3) is 3.17. The number of hydrogen-bond acceptors (Lipinski definition) is 3. The van der Waals surface area contributed by atoms with E-state index in [-0.39, 0.29) is 5.02 Å². The summed E-state index contributed by atoms with van der Waals surface area (Å²) in [5.74, 6) is -0.407. The third-order valence-corrected chi connectivity index (χ3v) is 3.74. The summed E-state index contributed by atoms with van der Waals surface area (Å²) in [7, 11) is 0. The van der Waals surface area contributed by atoms with Crippen LogP contribution >= 0.6 is 22.9 Å². The lowest BCUT2D eigenvalue weighted by Crippen LogP contribution is -1.97. The molecule has 5 heteroatoms. The fourth-order valence-electron chi connectivity index (χ4n) is 1.39. The highest BCUT2D eigenvalue weighted by Gasteiger charge is 2.02. The molecule has 0 saturated heterocycles. The predicted molar refractivity (Wildman–Crippen MR) is 70.2 cm³/mol. The summed E-state index contributed by atoms with van der Waals surface area (Å²) in [6, 6.07) is 4.70. The van der Waals surface area contributed by atoms with E-state index in [0.717, 1.165) is 22.0 Å². The largest absolute Gasteiger partial charge is 0.380 e. The summed E-state index contributed by atoms with van der Waals surface area (Å²) in [6.45, 7) is 2.73. The maximum Gasteiger partial charge on any atom is 0.143 e. The average Bonchev–Trinajstić information content (AvgIpc) is 2.79. The molecule has 0 bridgehead atoms. The molecule has 90 valence electrons. The Bertz CT molecular complexity index is 513. The molecule has 0 aliphatic heterocycles. The minimum Gasteiger partial charge on any atom is -0.380 e. The van der Waals surface area contributed by atoms with Gasteiger partial charge in [0.05, 0.1) is 16.6 Å². The van der Waals surface area contributed by atoms with E-state index in [1.54, 1.807) is 23.5 Å². The first kappa shape index (κ1) is 12.3. The molecule has 2 rings (SSSR count). The molecule has 0 amide bonds. The van der Waals surface area contributed by atoms with Gasteiger partial charge in [0, 0.05) is 16.8 Å². The van der Waals surface area contributed by atoms with E-state index in [4.69, 9.17) is 11.6 Å². The summed E-state index contributed by atoms with van der Waals surface area (Å²) in [6.07, 6.45) is 2.79. The molecule has 1 aromatic carbocycles. The summed E-state index contributed by atoms with van der Waals surface area (Å²) in [4.78, 5) is 5.40. The van der Waals surface area contributed by atoms with Gasteiger partial charge in [0.1, 0.15) is 5.82 Å². The summed E-state index contributed by atoms with van der Waals surface area (Å²) in [5.41, 5.74) is 0.721. The first-order valence-electron chi connectivity index (χ1n) is 5.31. The lowest BCUT2D eigenvalue weighted by molar-refractivity contribution is 0.628. The van der Waals surface area contributed by atoms with Crippen LogP contribution in [-0.4, -0.2) is 4.98 Å². The Labute approximate surface area is 108 Å². The van der Waals surface area contributed by atoms with Crippen LogP contribution in [0.5, 0.6) is 0 Å². The molecule has 1 aromatic heterocycles. The highest BCUT2D eigenvalue weighted by molar-refractivity contribution is 7.11. The summed E-state index contributed by atoms with van der Waals surface area (Å²) < 4.78 is 13.2. The first-order chi connectivity index (χ1) is 8.19. The number of nitrogens with one attached hydrogen (secondary N) is 1. The molecule has 2 aromatic rings. The van der Waals surface area contributed by atoms with Gasteiger partial charge in [-0.3, -0.25) is 0 Å². The van der Waals surface area contributed by atoms with Crippen LogP contribution in [0.3, 0.4) is 0 Å². The lowest BCUT2D eigenvalue weighted by Gasteiger charge is -2.04. The molecule has 0 atom stereocenters. The fraction of sp³-hybridized carbons (Fsp3) is 0.250. The van der Waals surface area contributed by atoms with E-state index in [9.17, 15) is 4.39 Å². The lowest BCUT2D eigenvalue weighted by atomic mass is 10.3. The normalized spacial score (nSPS) is 10.5. The highest BCUT2D eigenvalue weighted by atomic mass is 35.5. The van der Waals surface area contributed by atoms with Crippen LogP contribution in [0.2, 0.25) is 5.02 Å². The van der Waals surface area contributed by atoms with E-state index in [2.05, 4.69) is 17.2 Å². The topological polar surface area (TPSA) is 24.9 Å². The van der Waals surface area contributed by atoms with E-state index in [0.29, 0.717) is 6.54 Å². The van der Waals surface area contributed by atoms with Crippen LogP contribution < -0.4 is 5.32 Å². The van der Waals surface area contributed by atoms with Crippen LogP contribution in [0, 0.1) is 5.82 Å². The zero-order valence-electron chi connectivity index (χ0n) is 9.34.